The molecule has 0 spiro atoms. The van der Waals surface area contributed by atoms with Crippen molar-refractivity contribution in [3.63, 3.8) is 0 Å². The molecule has 1 N–H and O–H groups in total. The van der Waals surface area contributed by atoms with Gasteiger partial charge >= 0.3 is 0 Å². The second-order valence-corrected chi connectivity index (χ2v) is 8.90. The summed E-state index contributed by atoms with van der Waals surface area (Å²) in [5, 5.41) is 12.5. The summed E-state index contributed by atoms with van der Waals surface area (Å²) in [4.78, 5) is 12.5. The van der Waals surface area contributed by atoms with Gasteiger partial charge in [-0.2, -0.15) is 5.26 Å². The molecule has 7 heteroatoms. The summed E-state index contributed by atoms with van der Waals surface area (Å²) >= 11 is 13.2. The van der Waals surface area contributed by atoms with Gasteiger partial charge in [-0.3, -0.25) is 4.79 Å². The number of amides is 1. The molecule has 0 radical (unpaired) electrons. The molecule has 0 fully saturated rings. The number of ether oxygens (including phenoxy) is 1. The van der Waals surface area contributed by atoms with Crippen molar-refractivity contribution in [1.82, 2.24) is 0 Å². The Morgan fingerprint density at radius 3 is 2.55 bits per heavy atom. The van der Waals surface area contributed by atoms with E-state index < -0.39 is 5.91 Å². The van der Waals surface area contributed by atoms with Crippen molar-refractivity contribution in [2.75, 3.05) is 5.32 Å². The molecule has 1 amide bonds. The summed E-state index contributed by atoms with van der Waals surface area (Å²) in [6, 6.07) is 20.5. The number of anilines is 1. The van der Waals surface area contributed by atoms with Gasteiger partial charge in [0, 0.05) is 10.2 Å². The Hall–Kier alpha value is -2.59. The maximum absolute atomic E-state index is 12.5. The summed E-state index contributed by atoms with van der Waals surface area (Å²) in [6.45, 7) is 2.39. The highest BCUT2D eigenvalue weighted by molar-refractivity contribution is 9.10. The van der Waals surface area contributed by atoms with E-state index in [0.29, 0.717) is 33.1 Å². The van der Waals surface area contributed by atoms with Crippen LogP contribution in [0.4, 0.5) is 5.69 Å². The number of carbonyl (C=O) groups is 1. The van der Waals surface area contributed by atoms with Crippen LogP contribution in [0.15, 0.2) is 75.2 Å². The van der Waals surface area contributed by atoms with Gasteiger partial charge in [0.05, 0.1) is 9.50 Å². The number of carbonyl (C=O) groups excluding carboxylic acids is 1. The van der Waals surface area contributed by atoms with Gasteiger partial charge in [0.1, 0.15) is 18.2 Å². The minimum Gasteiger partial charge on any atom is -0.486 e. The van der Waals surface area contributed by atoms with Gasteiger partial charge in [0.25, 0.3) is 5.91 Å². The normalized spacial score (nSPS) is 11.0. The van der Waals surface area contributed by atoms with Gasteiger partial charge in [-0.25, -0.2) is 0 Å². The predicted octanol–water partition coefficient (Wildman–Crippen LogP) is 7.30. The monoisotopic (exact) mass is 558 g/mol. The van der Waals surface area contributed by atoms with Crippen molar-refractivity contribution >= 4 is 61.1 Å². The third kappa shape index (κ3) is 6.44. The molecule has 0 aliphatic rings. The summed E-state index contributed by atoms with van der Waals surface area (Å²) < 4.78 is 7.41. The zero-order chi connectivity index (χ0) is 22.4. The molecule has 0 atom stereocenters. The van der Waals surface area contributed by atoms with Gasteiger partial charge in [0.2, 0.25) is 0 Å². The van der Waals surface area contributed by atoms with Crippen LogP contribution in [0.1, 0.15) is 16.7 Å². The van der Waals surface area contributed by atoms with Gasteiger partial charge in [-0.1, -0.05) is 57.4 Å². The Morgan fingerprint density at radius 2 is 1.90 bits per heavy atom. The van der Waals surface area contributed by atoms with Crippen LogP contribution in [0, 0.1) is 18.3 Å². The van der Waals surface area contributed by atoms with E-state index in [-0.39, 0.29) is 5.57 Å². The molecule has 0 saturated carbocycles. The van der Waals surface area contributed by atoms with Gasteiger partial charge in [-0.05, 0) is 76.5 Å². The number of nitrogens with zero attached hydrogens (tertiary/aromatic N) is 1. The smallest absolute Gasteiger partial charge is 0.266 e. The molecule has 0 unspecified atom stereocenters. The summed E-state index contributed by atoms with van der Waals surface area (Å²) in [6.07, 6.45) is 1.48. The lowest BCUT2D eigenvalue weighted by Crippen LogP contribution is -2.13. The fourth-order valence-corrected chi connectivity index (χ4v) is 4.06. The molecule has 0 saturated heterocycles. The Labute approximate surface area is 202 Å². The van der Waals surface area contributed by atoms with Crippen molar-refractivity contribution in [3.05, 3.63) is 96.9 Å². The van der Waals surface area contributed by atoms with E-state index in [2.05, 4.69) is 37.2 Å². The van der Waals surface area contributed by atoms with Gasteiger partial charge in [-0.15, -0.1) is 0 Å². The van der Waals surface area contributed by atoms with E-state index in [4.69, 9.17) is 16.3 Å². The molecule has 3 rings (SSSR count). The molecule has 31 heavy (non-hydrogen) atoms. The van der Waals surface area contributed by atoms with Crippen LogP contribution in [0.3, 0.4) is 0 Å². The maximum Gasteiger partial charge on any atom is 0.266 e. The molecule has 0 aliphatic heterocycles. The molecule has 0 heterocycles. The number of halogens is 3. The fourth-order valence-electron chi connectivity index (χ4n) is 2.81. The minimum absolute atomic E-state index is 0.0423. The van der Waals surface area contributed by atoms with Crippen LogP contribution in [-0.2, 0) is 11.4 Å². The molecule has 3 aromatic carbocycles. The first kappa shape index (κ1) is 23.1. The van der Waals surface area contributed by atoms with E-state index in [9.17, 15) is 10.1 Å². The Balaban J connectivity index is 1.76. The van der Waals surface area contributed by atoms with Gasteiger partial charge in [0.15, 0.2) is 5.75 Å². The topological polar surface area (TPSA) is 62.1 Å². The lowest BCUT2D eigenvalue weighted by molar-refractivity contribution is -0.112. The van der Waals surface area contributed by atoms with Crippen molar-refractivity contribution in [1.29, 1.82) is 5.26 Å². The molecule has 156 valence electrons. The Morgan fingerprint density at radius 1 is 1.16 bits per heavy atom. The molecular weight excluding hydrogens is 544 g/mol. The lowest BCUT2D eigenvalue weighted by atomic mass is 10.1. The Kier molecular flexibility index (Phi) is 7.91. The quantitative estimate of drug-likeness (QED) is 0.254. The molecule has 0 aromatic heterocycles. The first-order valence-electron chi connectivity index (χ1n) is 9.22. The number of rotatable bonds is 6. The fraction of sp³-hybridized carbons (Fsp3) is 0.0833. The molecular formula is C24H17Br2ClN2O2. The minimum atomic E-state index is -0.503. The van der Waals surface area contributed by atoms with Crippen LogP contribution in [0.2, 0.25) is 5.02 Å². The highest BCUT2D eigenvalue weighted by atomic mass is 79.9. The third-order valence-electron chi connectivity index (χ3n) is 4.26. The van der Waals surface area contributed by atoms with E-state index in [1.807, 2.05) is 37.3 Å². The zero-order valence-electron chi connectivity index (χ0n) is 16.5. The number of hydrogen-bond acceptors (Lipinski definition) is 3. The van der Waals surface area contributed by atoms with E-state index in [1.165, 1.54) is 6.08 Å². The van der Waals surface area contributed by atoms with Crippen LogP contribution >= 0.6 is 43.5 Å². The lowest BCUT2D eigenvalue weighted by Gasteiger charge is -2.12. The first-order valence-corrected chi connectivity index (χ1v) is 11.2. The van der Waals surface area contributed by atoms with E-state index in [0.717, 1.165) is 15.6 Å². The highest BCUT2D eigenvalue weighted by Gasteiger charge is 2.13. The van der Waals surface area contributed by atoms with Crippen LogP contribution in [0.25, 0.3) is 6.08 Å². The predicted molar refractivity (Wildman–Crippen MR) is 131 cm³/mol. The SMILES string of the molecule is Cc1cccc(COc2c(Cl)cc(/C=C(/C#N)C(=O)Nc3ccc(Br)cc3)cc2Br)c1. The van der Waals surface area contributed by atoms with Crippen LogP contribution in [0.5, 0.6) is 5.75 Å². The second-order valence-electron chi connectivity index (χ2n) is 6.72. The van der Waals surface area contributed by atoms with Crippen LogP contribution < -0.4 is 10.1 Å². The van der Waals surface area contributed by atoms with Crippen molar-refractivity contribution in [2.45, 2.75) is 13.5 Å². The standard InChI is InChI=1S/C24H17Br2ClN2O2/c1-15-3-2-4-16(9-15)14-31-23-21(26)11-17(12-22(23)27)10-18(13-28)24(30)29-20-7-5-19(25)6-8-20/h2-12H,14H2,1H3,(H,29,30)/b18-10-. The number of nitriles is 1. The average molecular weight is 561 g/mol. The van der Waals surface area contributed by atoms with E-state index in [1.54, 1.807) is 36.4 Å². The maximum atomic E-state index is 12.5. The van der Waals surface area contributed by atoms with Crippen molar-refractivity contribution in [2.24, 2.45) is 0 Å². The molecule has 0 aliphatic carbocycles. The Bertz CT molecular complexity index is 1160. The summed E-state index contributed by atoms with van der Waals surface area (Å²) in [5.41, 5.74) is 3.33. The van der Waals surface area contributed by atoms with Gasteiger partial charge < -0.3 is 10.1 Å². The highest BCUT2D eigenvalue weighted by Crippen LogP contribution is 2.35. The summed E-state index contributed by atoms with van der Waals surface area (Å²) in [5.74, 6) is -0.00464. The largest absolute Gasteiger partial charge is 0.486 e. The number of nitrogens with one attached hydrogen (secondary N) is 1. The molecule has 3 aromatic rings. The number of aryl methyl sites for hydroxylation is 1. The number of benzene rings is 3. The number of hydrogen-bond donors (Lipinski definition) is 1. The molecule has 0 bridgehead atoms. The van der Waals surface area contributed by atoms with Crippen molar-refractivity contribution < 1.29 is 9.53 Å². The second kappa shape index (κ2) is 10.6. The zero-order valence-corrected chi connectivity index (χ0v) is 20.4. The molecule has 4 nitrogen and oxygen atoms in total. The van der Waals surface area contributed by atoms with Crippen molar-refractivity contribution in [3.8, 4) is 11.8 Å². The third-order valence-corrected chi connectivity index (χ3v) is 5.66. The van der Waals surface area contributed by atoms with E-state index >= 15 is 0 Å². The first-order chi connectivity index (χ1) is 14.9. The van der Waals surface area contributed by atoms with Crippen LogP contribution in [-0.4, -0.2) is 5.91 Å². The average Bonchev–Trinajstić information content (AvgIpc) is 2.73. The summed E-state index contributed by atoms with van der Waals surface area (Å²) in [7, 11) is 0.